The van der Waals surface area contributed by atoms with Crippen LogP contribution in [0.15, 0.2) is 36.7 Å². The molecule has 3 aromatic rings. The first-order chi connectivity index (χ1) is 17.0. The number of anilines is 3. The van der Waals surface area contributed by atoms with E-state index in [9.17, 15) is 13.6 Å². The fraction of sp³-hybridized carbons (Fsp3) is 0.417. The Kier molecular flexibility index (Phi) is 5.98. The zero-order valence-corrected chi connectivity index (χ0v) is 20.7. The van der Waals surface area contributed by atoms with Gasteiger partial charge in [-0.15, -0.1) is 0 Å². The van der Waals surface area contributed by atoms with E-state index in [-0.39, 0.29) is 22.4 Å². The van der Waals surface area contributed by atoms with E-state index in [2.05, 4.69) is 24.9 Å². The summed E-state index contributed by atoms with van der Waals surface area (Å²) in [4.78, 5) is 29.8. The van der Waals surface area contributed by atoms with Crippen molar-refractivity contribution in [3.8, 4) is 5.75 Å². The Balaban J connectivity index is 1.33. The van der Waals surface area contributed by atoms with E-state index in [0.29, 0.717) is 42.2 Å². The van der Waals surface area contributed by atoms with Gasteiger partial charge in [0.2, 0.25) is 0 Å². The summed E-state index contributed by atoms with van der Waals surface area (Å²) in [5.41, 5.74) is 0.929. The summed E-state index contributed by atoms with van der Waals surface area (Å²) in [7, 11) is 0. The molecule has 1 spiro atoms. The average molecular weight is 519 g/mol. The fourth-order valence-electron chi connectivity index (χ4n) is 4.40. The average Bonchev–Trinajstić information content (AvgIpc) is 2.73. The number of hydrogen-bond donors (Lipinski definition) is 1. The summed E-state index contributed by atoms with van der Waals surface area (Å²) in [5.74, 6) is 1.06. The molecule has 1 N–H and O–H groups in total. The molecule has 0 unspecified atom stereocenters. The minimum atomic E-state index is -2.97. The molecule has 2 aromatic heterocycles. The van der Waals surface area contributed by atoms with Gasteiger partial charge in [-0.05, 0) is 57.5 Å². The molecule has 4 heterocycles. The Morgan fingerprint density at radius 2 is 1.97 bits per heavy atom. The van der Waals surface area contributed by atoms with E-state index in [1.165, 1.54) is 18.5 Å². The molecule has 0 atom stereocenters. The quantitative estimate of drug-likeness (QED) is 0.491. The van der Waals surface area contributed by atoms with Crippen LogP contribution in [0.1, 0.15) is 27.2 Å². The number of halogens is 3. The van der Waals surface area contributed by atoms with E-state index in [4.69, 9.17) is 21.3 Å². The Morgan fingerprint density at radius 1 is 1.19 bits per heavy atom. The van der Waals surface area contributed by atoms with Crippen LogP contribution in [-0.2, 0) is 4.74 Å². The van der Waals surface area contributed by atoms with Gasteiger partial charge in [-0.3, -0.25) is 4.90 Å². The minimum Gasteiger partial charge on any atom is -0.444 e. The molecular weight excluding hydrogens is 494 g/mol. The molecule has 0 aliphatic carbocycles. The number of ether oxygens (including phenoxy) is 2. The zero-order valence-electron chi connectivity index (χ0n) is 20.0. The number of nitrogens with one attached hydrogen (secondary N) is 1. The Bertz CT molecular complexity index is 1310. The maximum Gasteiger partial charge on any atom is 0.410 e. The first-order valence-corrected chi connectivity index (χ1v) is 11.8. The Hall–Kier alpha value is -3.47. The molecule has 5 rings (SSSR count). The maximum absolute atomic E-state index is 12.6. The van der Waals surface area contributed by atoms with Gasteiger partial charge in [0, 0.05) is 25.3 Å². The van der Waals surface area contributed by atoms with E-state index >= 15 is 0 Å². The van der Waals surface area contributed by atoms with Crippen molar-refractivity contribution in [2.24, 2.45) is 0 Å². The molecule has 12 heteroatoms. The van der Waals surface area contributed by atoms with Crippen LogP contribution in [0.3, 0.4) is 0 Å². The molecule has 9 nitrogen and oxygen atoms in total. The van der Waals surface area contributed by atoms with Gasteiger partial charge in [0.1, 0.15) is 29.0 Å². The summed E-state index contributed by atoms with van der Waals surface area (Å²) in [5, 5.41) is 3.16. The number of fused-ring (bicyclic) bond motifs is 1. The molecule has 2 aliphatic rings. The highest BCUT2D eigenvalue weighted by molar-refractivity contribution is 6.32. The van der Waals surface area contributed by atoms with E-state index in [0.717, 1.165) is 12.2 Å². The predicted molar refractivity (Wildman–Crippen MR) is 131 cm³/mol. The monoisotopic (exact) mass is 518 g/mol. The van der Waals surface area contributed by atoms with Crippen LogP contribution in [0.4, 0.5) is 30.9 Å². The number of pyridine rings is 1. The van der Waals surface area contributed by atoms with Crippen LogP contribution in [0.25, 0.3) is 11.0 Å². The summed E-state index contributed by atoms with van der Waals surface area (Å²) in [6, 6.07) is 8.12. The molecule has 1 amide bonds. The van der Waals surface area contributed by atoms with Crippen molar-refractivity contribution in [3.05, 3.63) is 41.7 Å². The highest BCUT2D eigenvalue weighted by Crippen LogP contribution is 2.42. The van der Waals surface area contributed by atoms with Crippen LogP contribution < -0.4 is 15.0 Å². The SMILES string of the molecule is CC(C)(C)OC(=O)N1CCC12CN(c1ccc3ncnc(Nc4ccc(OC(F)F)c(Cl)c4)c3n1)C2. The second-order valence-electron chi connectivity index (χ2n) is 9.87. The van der Waals surface area contributed by atoms with Crippen LogP contribution in [-0.4, -0.2) is 63.3 Å². The third-order valence-corrected chi connectivity index (χ3v) is 6.45. The smallest absolute Gasteiger partial charge is 0.410 e. The van der Waals surface area contributed by atoms with Gasteiger partial charge in [0.15, 0.2) is 5.82 Å². The molecule has 0 saturated carbocycles. The van der Waals surface area contributed by atoms with Gasteiger partial charge >= 0.3 is 12.7 Å². The van der Waals surface area contributed by atoms with Crippen LogP contribution in [0.5, 0.6) is 5.75 Å². The maximum atomic E-state index is 12.6. The normalized spacial score (nSPS) is 16.6. The van der Waals surface area contributed by atoms with Crippen molar-refractivity contribution in [1.82, 2.24) is 19.9 Å². The molecule has 2 fully saturated rings. The summed E-state index contributed by atoms with van der Waals surface area (Å²) in [6.07, 6.45) is 2.04. The topological polar surface area (TPSA) is 92.7 Å². The largest absolute Gasteiger partial charge is 0.444 e. The minimum absolute atomic E-state index is 0.0354. The Morgan fingerprint density at radius 3 is 2.61 bits per heavy atom. The third kappa shape index (κ3) is 4.67. The number of nitrogens with zero attached hydrogens (tertiary/aromatic N) is 5. The molecule has 0 radical (unpaired) electrons. The van der Waals surface area contributed by atoms with Crippen LogP contribution >= 0.6 is 11.6 Å². The Labute approximate surface area is 211 Å². The first kappa shape index (κ1) is 24.2. The number of carbonyl (C=O) groups excluding carboxylic acids is 1. The van der Waals surface area contributed by atoms with E-state index in [1.54, 1.807) is 11.0 Å². The van der Waals surface area contributed by atoms with Gasteiger partial charge in [-0.25, -0.2) is 19.7 Å². The lowest BCUT2D eigenvalue weighted by molar-refractivity contribution is -0.0563. The number of rotatable bonds is 5. The van der Waals surface area contributed by atoms with E-state index < -0.39 is 12.2 Å². The van der Waals surface area contributed by atoms with Crippen molar-refractivity contribution in [1.29, 1.82) is 0 Å². The fourth-order valence-corrected chi connectivity index (χ4v) is 4.63. The third-order valence-electron chi connectivity index (χ3n) is 6.16. The second-order valence-corrected chi connectivity index (χ2v) is 10.3. The number of likely N-dealkylation sites (tertiary alicyclic amines) is 1. The lowest BCUT2D eigenvalue weighted by atomic mass is 9.78. The summed E-state index contributed by atoms with van der Waals surface area (Å²) < 4.78 is 35.0. The highest BCUT2D eigenvalue weighted by Gasteiger charge is 2.56. The number of hydrogen-bond acceptors (Lipinski definition) is 8. The number of aromatic nitrogens is 3. The van der Waals surface area contributed by atoms with Gasteiger partial charge in [-0.2, -0.15) is 8.78 Å². The van der Waals surface area contributed by atoms with Crippen molar-refractivity contribution in [3.63, 3.8) is 0 Å². The second kappa shape index (κ2) is 8.88. The number of alkyl halides is 2. The standard InChI is InChI=1S/C24H25ClF2N6O3/c1-23(2,3)36-22(34)33-9-8-24(33)11-32(12-24)18-7-5-16-19(31-18)20(29-13-28-16)30-14-4-6-17(15(25)10-14)35-21(26)27/h4-7,10,13,21H,8-9,11-12H2,1-3H3,(H,28,29,30). The molecule has 0 bridgehead atoms. The van der Waals surface area contributed by atoms with E-state index in [1.807, 2.05) is 32.9 Å². The van der Waals surface area contributed by atoms with Crippen LogP contribution in [0.2, 0.25) is 5.02 Å². The van der Waals surface area contributed by atoms with Gasteiger partial charge in [0.25, 0.3) is 0 Å². The highest BCUT2D eigenvalue weighted by atomic mass is 35.5. The molecular formula is C24H25ClF2N6O3. The van der Waals surface area contributed by atoms with Gasteiger partial charge in [0.05, 0.1) is 16.1 Å². The number of amides is 1. The van der Waals surface area contributed by atoms with Crippen molar-refractivity contribution in [2.75, 3.05) is 29.9 Å². The number of benzene rings is 1. The summed E-state index contributed by atoms with van der Waals surface area (Å²) in [6.45, 7) is 4.60. The van der Waals surface area contributed by atoms with Gasteiger partial charge < -0.3 is 19.7 Å². The van der Waals surface area contributed by atoms with Crippen molar-refractivity contribution in [2.45, 2.75) is 44.9 Å². The first-order valence-electron chi connectivity index (χ1n) is 11.4. The number of carbonyl (C=O) groups is 1. The molecule has 2 saturated heterocycles. The van der Waals surface area contributed by atoms with Crippen molar-refractivity contribution >= 4 is 46.1 Å². The molecule has 2 aliphatic heterocycles. The lowest BCUT2D eigenvalue weighted by Gasteiger charge is -2.62. The molecule has 36 heavy (non-hydrogen) atoms. The molecule has 1 aromatic carbocycles. The predicted octanol–water partition coefficient (Wildman–Crippen LogP) is 5.22. The summed E-state index contributed by atoms with van der Waals surface area (Å²) >= 11 is 6.08. The van der Waals surface area contributed by atoms with Crippen molar-refractivity contribution < 1.29 is 23.0 Å². The molecule has 190 valence electrons. The zero-order chi connectivity index (χ0) is 25.7. The van der Waals surface area contributed by atoms with Gasteiger partial charge in [-0.1, -0.05) is 11.6 Å². The van der Waals surface area contributed by atoms with Crippen LogP contribution in [0, 0.1) is 0 Å². The lowest BCUT2D eigenvalue weighted by Crippen LogP contribution is -2.78.